The third-order valence-electron chi connectivity index (χ3n) is 6.87. The fourth-order valence-electron chi connectivity index (χ4n) is 6.20. The summed E-state index contributed by atoms with van der Waals surface area (Å²) in [6.45, 7) is 0. The number of amides is 1. The number of hydrogen-bond donors (Lipinski definition) is 2. The predicted octanol–water partition coefficient (Wildman–Crippen LogP) is 3.66. The van der Waals surface area contributed by atoms with Gasteiger partial charge in [0.2, 0.25) is 5.91 Å². The molecule has 4 aliphatic carbocycles. The lowest BCUT2D eigenvalue weighted by Crippen LogP contribution is -2.51. The molecular formula is C20H21N5O. The number of anilines is 1. The van der Waals surface area contributed by atoms with Crippen LogP contribution in [-0.2, 0) is 4.79 Å². The van der Waals surface area contributed by atoms with Crippen molar-refractivity contribution in [1.82, 2.24) is 20.2 Å². The minimum Gasteiger partial charge on any atom is -0.338 e. The number of fused-ring (bicyclic) bond motifs is 3. The van der Waals surface area contributed by atoms with Gasteiger partial charge in [-0.15, -0.1) is 10.2 Å². The van der Waals surface area contributed by atoms with E-state index in [1.54, 1.807) is 0 Å². The second-order valence-electron chi connectivity index (χ2n) is 8.66. The molecule has 0 saturated heterocycles. The molecule has 132 valence electrons. The van der Waals surface area contributed by atoms with E-state index in [0.29, 0.717) is 11.6 Å². The maximum Gasteiger partial charge on any atom is 0.251 e. The fourth-order valence-corrected chi connectivity index (χ4v) is 6.20. The van der Waals surface area contributed by atoms with Gasteiger partial charge in [-0.25, -0.2) is 0 Å². The molecule has 0 radical (unpaired) electrons. The van der Waals surface area contributed by atoms with E-state index < -0.39 is 0 Å². The SMILES string of the molecule is O=C(Nc1nnc2c(n1)[nH]c1ccccc12)C12CC3CC(CC(C3)C1)C2. The van der Waals surface area contributed by atoms with E-state index in [1.807, 2.05) is 24.3 Å². The van der Waals surface area contributed by atoms with Crippen LogP contribution in [-0.4, -0.2) is 26.1 Å². The molecule has 4 bridgehead atoms. The molecule has 2 N–H and O–H groups in total. The van der Waals surface area contributed by atoms with Crippen molar-refractivity contribution in [3.8, 4) is 0 Å². The monoisotopic (exact) mass is 347 g/mol. The topological polar surface area (TPSA) is 83.6 Å². The molecular weight excluding hydrogens is 326 g/mol. The Balaban J connectivity index is 1.32. The van der Waals surface area contributed by atoms with Crippen LogP contribution in [0.15, 0.2) is 24.3 Å². The van der Waals surface area contributed by atoms with Crippen LogP contribution in [0.1, 0.15) is 38.5 Å². The zero-order valence-electron chi connectivity index (χ0n) is 14.5. The van der Waals surface area contributed by atoms with Crippen LogP contribution in [0.3, 0.4) is 0 Å². The van der Waals surface area contributed by atoms with Gasteiger partial charge in [-0.3, -0.25) is 10.1 Å². The van der Waals surface area contributed by atoms with Crippen LogP contribution in [0.25, 0.3) is 22.1 Å². The third-order valence-corrected chi connectivity index (χ3v) is 6.87. The van der Waals surface area contributed by atoms with Gasteiger partial charge >= 0.3 is 0 Å². The van der Waals surface area contributed by atoms with Crippen molar-refractivity contribution >= 4 is 33.9 Å². The van der Waals surface area contributed by atoms with E-state index in [2.05, 4.69) is 25.5 Å². The lowest BCUT2D eigenvalue weighted by atomic mass is 9.49. The molecule has 0 aliphatic heterocycles. The highest BCUT2D eigenvalue weighted by atomic mass is 16.2. The molecule has 4 saturated carbocycles. The predicted molar refractivity (Wildman–Crippen MR) is 98.4 cm³/mol. The van der Waals surface area contributed by atoms with Crippen molar-refractivity contribution in [1.29, 1.82) is 0 Å². The number of nitrogens with one attached hydrogen (secondary N) is 2. The zero-order chi connectivity index (χ0) is 17.3. The standard InChI is InChI=1S/C20H21N5O/c26-18(20-8-11-5-12(9-20)7-13(6-11)10-20)23-19-22-17-16(24-25-19)14-3-1-2-4-15(14)21-17/h1-4,11-13H,5-10H2,(H2,21,22,23,25,26). The Kier molecular flexibility index (Phi) is 2.83. The molecule has 2 heterocycles. The number of para-hydroxylation sites is 1. The summed E-state index contributed by atoms with van der Waals surface area (Å²) < 4.78 is 0. The summed E-state index contributed by atoms with van der Waals surface area (Å²) in [5, 5.41) is 12.5. The van der Waals surface area contributed by atoms with Gasteiger partial charge in [0.05, 0.1) is 5.41 Å². The molecule has 1 aromatic carbocycles. The van der Waals surface area contributed by atoms with Crippen molar-refractivity contribution in [2.24, 2.45) is 23.2 Å². The zero-order valence-corrected chi connectivity index (χ0v) is 14.5. The van der Waals surface area contributed by atoms with Crippen molar-refractivity contribution in [3.05, 3.63) is 24.3 Å². The summed E-state index contributed by atoms with van der Waals surface area (Å²) in [6.07, 6.45) is 7.08. The van der Waals surface area contributed by atoms with Crippen LogP contribution in [0.5, 0.6) is 0 Å². The third kappa shape index (κ3) is 2.04. The van der Waals surface area contributed by atoms with Gasteiger partial charge in [0.1, 0.15) is 5.52 Å². The molecule has 26 heavy (non-hydrogen) atoms. The van der Waals surface area contributed by atoms with Gasteiger partial charge in [-0.2, -0.15) is 4.98 Å². The number of benzene rings is 1. The Morgan fingerprint density at radius 3 is 2.46 bits per heavy atom. The second-order valence-corrected chi connectivity index (χ2v) is 8.66. The maximum absolute atomic E-state index is 13.1. The number of rotatable bonds is 2. The van der Waals surface area contributed by atoms with Gasteiger partial charge in [-0.05, 0) is 62.3 Å². The molecule has 0 unspecified atom stereocenters. The first kappa shape index (κ1) is 14.6. The molecule has 1 amide bonds. The van der Waals surface area contributed by atoms with Gasteiger partial charge in [0.15, 0.2) is 5.65 Å². The Labute approximate surface area is 150 Å². The van der Waals surface area contributed by atoms with E-state index in [9.17, 15) is 4.79 Å². The first-order chi connectivity index (χ1) is 12.7. The van der Waals surface area contributed by atoms with Crippen molar-refractivity contribution in [2.45, 2.75) is 38.5 Å². The maximum atomic E-state index is 13.1. The van der Waals surface area contributed by atoms with Crippen molar-refractivity contribution < 1.29 is 4.79 Å². The van der Waals surface area contributed by atoms with E-state index in [-0.39, 0.29) is 11.3 Å². The Hall–Kier alpha value is -2.50. The van der Waals surface area contributed by atoms with E-state index >= 15 is 0 Å². The van der Waals surface area contributed by atoms with E-state index in [1.165, 1.54) is 19.3 Å². The quantitative estimate of drug-likeness (QED) is 0.741. The first-order valence-corrected chi connectivity index (χ1v) is 9.61. The average molecular weight is 347 g/mol. The number of carbonyl (C=O) groups is 1. The average Bonchev–Trinajstić information content (AvgIpc) is 2.98. The van der Waals surface area contributed by atoms with Crippen molar-refractivity contribution in [3.63, 3.8) is 0 Å². The summed E-state index contributed by atoms with van der Waals surface area (Å²) in [6, 6.07) is 7.94. The van der Waals surface area contributed by atoms with Gasteiger partial charge in [0.25, 0.3) is 5.95 Å². The minimum absolute atomic E-state index is 0.105. The second kappa shape index (κ2) is 5.02. The van der Waals surface area contributed by atoms with E-state index in [0.717, 1.165) is 53.4 Å². The molecule has 3 aromatic rings. The van der Waals surface area contributed by atoms with Crippen LogP contribution in [0.4, 0.5) is 5.95 Å². The summed E-state index contributed by atoms with van der Waals surface area (Å²) >= 11 is 0. The molecule has 4 fully saturated rings. The Morgan fingerprint density at radius 1 is 1.04 bits per heavy atom. The number of carbonyl (C=O) groups excluding carboxylic acids is 1. The van der Waals surface area contributed by atoms with Crippen LogP contribution < -0.4 is 5.32 Å². The number of hydrogen-bond acceptors (Lipinski definition) is 4. The lowest BCUT2D eigenvalue weighted by molar-refractivity contribution is -0.140. The first-order valence-electron chi connectivity index (χ1n) is 9.61. The van der Waals surface area contributed by atoms with Gasteiger partial charge in [0, 0.05) is 10.9 Å². The number of nitrogens with zero attached hydrogens (tertiary/aromatic N) is 3. The number of H-pyrrole nitrogens is 1. The number of aromatic nitrogens is 4. The van der Waals surface area contributed by atoms with Gasteiger partial charge in [-0.1, -0.05) is 18.2 Å². The Bertz CT molecular complexity index is 1000. The normalized spacial score (nSPS) is 32.4. The highest BCUT2D eigenvalue weighted by Crippen LogP contribution is 2.60. The number of aromatic amines is 1. The molecule has 0 spiro atoms. The molecule has 4 aliphatic rings. The largest absolute Gasteiger partial charge is 0.338 e. The smallest absolute Gasteiger partial charge is 0.251 e. The summed E-state index contributed by atoms with van der Waals surface area (Å²) in [7, 11) is 0. The molecule has 0 atom stereocenters. The Morgan fingerprint density at radius 2 is 1.73 bits per heavy atom. The highest BCUT2D eigenvalue weighted by Gasteiger charge is 2.54. The fraction of sp³-hybridized carbons (Fsp3) is 0.500. The minimum atomic E-state index is -0.201. The molecule has 7 rings (SSSR count). The molecule has 6 heteroatoms. The van der Waals surface area contributed by atoms with E-state index in [4.69, 9.17) is 0 Å². The van der Waals surface area contributed by atoms with Crippen LogP contribution >= 0.6 is 0 Å². The lowest BCUT2D eigenvalue weighted by Gasteiger charge is -2.55. The van der Waals surface area contributed by atoms with Crippen LogP contribution in [0, 0.1) is 23.2 Å². The summed E-state index contributed by atoms with van der Waals surface area (Å²) in [5.74, 6) is 2.63. The molecule has 2 aromatic heterocycles. The van der Waals surface area contributed by atoms with Crippen LogP contribution in [0.2, 0.25) is 0 Å². The summed E-state index contributed by atoms with van der Waals surface area (Å²) in [5.41, 5.74) is 2.19. The van der Waals surface area contributed by atoms with Gasteiger partial charge < -0.3 is 4.98 Å². The molecule has 6 nitrogen and oxygen atoms in total. The highest BCUT2D eigenvalue weighted by molar-refractivity contribution is 6.03. The van der Waals surface area contributed by atoms with Crippen molar-refractivity contribution in [2.75, 3.05) is 5.32 Å². The summed E-state index contributed by atoms with van der Waals surface area (Å²) in [4.78, 5) is 20.9.